The highest BCUT2D eigenvalue weighted by molar-refractivity contribution is 7.90. The number of allylic oxidation sites excluding steroid dienone is 1. The summed E-state index contributed by atoms with van der Waals surface area (Å²) < 4.78 is 49.7. The van der Waals surface area contributed by atoms with Gasteiger partial charge in [-0.2, -0.15) is 5.10 Å². The average Bonchev–Trinajstić information content (AvgIpc) is 3.68. The molecule has 0 spiro atoms. The van der Waals surface area contributed by atoms with Crippen molar-refractivity contribution in [3.63, 3.8) is 0 Å². The summed E-state index contributed by atoms with van der Waals surface area (Å²) in [7, 11) is -2.17. The Morgan fingerprint density at radius 3 is 2.31 bits per heavy atom. The number of sulfonamides is 1. The summed E-state index contributed by atoms with van der Waals surface area (Å²) in [6, 6.07) is 11.3. The van der Waals surface area contributed by atoms with Gasteiger partial charge in [-0.3, -0.25) is 14.3 Å². The topological polar surface area (TPSA) is 134 Å². The maximum atomic E-state index is 14.7. The molecule has 0 atom stereocenters. The summed E-state index contributed by atoms with van der Waals surface area (Å²) in [4.78, 5) is 30.3. The van der Waals surface area contributed by atoms with Crippen molar-refractivity contribution >= 4 is 44.4 Å². The van der Waals surface area contributed by atoms with E-state index in [1.807, 2.05) is 47.7 Å². The number of benzene rings is 2. The molecule has 13 heteroatoms. The predicted octanol–water partition coefficient (Wildman–Crippen LogP) is 6.65. The second kappa shape index (κ2) is 14.9. The van der Waals surface area contributed by atoms with Crippen molar-refractivity contribution in [3.05, 3.63) is 70.5 Å². The van der Waals surface area contributed by atoms with Gasteiger partial charge in [-0.05, 0) is 91.6 Å². The number of nitrogens with one attached hydrogen (secondary N) is 1. The van der Waals surface area contributed by atoms with Crippen molar-refractivity contribution in [2.24, 2.45) is 5.92 Å². The van der Waals surface area contributed by atoms with Crippen molar-refractivity contribution in [3.8, 4) is 17.0 Å². The number of ether oxygens (including phenoxy) is 3. The molecule has 1 saturated carbocycles. The summed E-state index contributed by atoms with van der Waals surface area (Å²) in [5.41, 5.74) is 7.54. The lowest BCUT2D eigenvalue weighted by Gasteiger charge is -2.45. The van der Waals surface area contributed by atoms with Gasteiger partial charge in [-0.1, -0.05) is 39.2 Å². The Morgan fingerprint density at radius 2 is 1.65 bits per heavy atom. The molecule has 12 nitrogen and oxygen atoms in total. The lowest BCUT2D eigenvalue weighted by molar-refractivity contribution is -0.119. The SMILES string of the molecule is COc1ccc2c(c1)C=C(c1c(C(=O)N3C4COCC3COC4)cnn1C(C)C)Cn1c-2c(C2CCCCC2)c2ccc(C(=O)NS(=O)(=O)CC(C)C)cc21. The van der Waals surface area contributed by atoms with E-state index < -0.39 is 15.9 Å². The first-order valence-electron chi connectivity index (χ1n) is 19.6. The van der Waals surface area contributed by atoms with E-state index >= 15 is 0 Å². The molecule has 4 aliphatic rings. The molecule has 2 bridgehead atoms. The van der Waals surface area contributed by atoms with Gasteiger partial charge in [0.25, 0.3) is 11.8 Å². The number of methoxy groups -OCH3 is 1. The minimum Gasteiger partial charge on any atom is -0.497 e. The predicted molar refractivity (Wildman–Crippen MR) is 212 cm³/mol. The number of morpholine rings is 2. The second-order valence-electron chi connectivity index (χ2n) is 16.2. The van der Waals surface area contributed by atoms with Crippen molar-refractivity contribution in [2.45, 2.75) is 90.4 Å². The van der Waals surface area contributed by atoms with Gasteiger partial charge in [0.15, 0.2) is 0 Å². The normalized spacial score (nSPS) is 20.3. The maximum absolute atomic E-state index is 14.7. The number of hydrogen-bond donors (Lipinski definition) is 1. The highest BCUT2D eigenvalue weighted by atomic mass is 32.2. The summed E-state index contributed by atoms with van der Waals surface area (Å²) in [5, 5.41) is 5.87. The molecule has 3 fully saturated rings. The van der Waals surface area contributed by atoms with Crippen LogP contribution in [-0.2, 0) is 26.0 Å². The molecule has 4 aromatic rings. The summed E-state index contributed by atoms with van der Waals surface area (Å²) in [6.07, 6.45) is 9.44. The van der Waals surface area contributed by atoms with Crippen LogP contribution in [0.5, 0.6) is 5.75 Å². The van der Waals surface area contributed by atoms with E-state index in [4.69, 9.17) is 19.3 Å². The lowest BCUT2D eigenvalue weighted by Crippen LogP contribution is -2.61. The van der Waals surface area contributed by atoms with Crippen LogP contribution >= 0.6 is 0 Å². The van der Waals surface area contributed by atoms with Crippen molar-refractivity contribution in [2.75, 3.05) is 39.3 Å². The Morgan fingerprint density at radius 1 is 0.945 bits per heavy atom. The van der Waals surface area contributed by atoms with E-state index in [0.29, 0.717) is 44.5 Å². The number of hydrogen-bond acceptors (Lipinski definition) is 8. The quantitative estimate of drug-likeness (QED) is 0.200. The highest BCUT2D eigenvalue weighted by Crippen LogP contribution is 2.48. The second-order valence-corrected chi connectivity index (χ2v) is 18.0. The first kappa shape index (κ1) is 37.5. The minimum absolute atomic E-state index is 0.0558. The molecule has 292 valence electrons. The molecule has 2 aromatic heterocycles. The smallest absolute Gasteiger partial charge is 0.264 e. The zero-order valence-corrected chi connectivity index (χ0v) is 33.2. The first-order valence-corrected chi connectivity index (χ1v) is 21.2. The molecule has 5 heterocycles. The molecule has 2 amide bonds. The molecular formula is C42H51N5O7S. The highest BCUT2D eigenvalue weighted by Gasteiger charge is 2.41. The summed E-state index contributed by atoms with van der Waals surface area (Å²) in [6.45, 7) is 9.80. The molecule has 1 N–H and O–H groups in total. The van der Waals surface area contributed by atoms with Gasteiger partial charge in [-0.15, -0.1) is 0 Å². The van der Waals surface area contributed by atoms with Crippen LogP contribution in [0.15, 0.2) is 42.6 Å². The Bertz CT molecular complexity index is 2260. The number of amides is 2. The Labute approximate surface area is 322 Å². The number of fused-ring (bicyclic) bond motifs is 7. The van der Waals surface area contributed by atoms with Crippen molar-refractivity contribution < 1.29 is 32.2 Å². The van der Waals surface area contributed by atoms with E-state index in [2.05, 4.69) is 35.3 Å². The lowest BCUT2D eigenvalue weighted by atomic mass is 9.81. The fraction of sp³-hybridized carbons (Fsp3) is 0.500. The Balaban J connectivity index is 1.33. The standard InChI is InChI=1S/C42H51N5O7S/c1-25(2)24-55(50,51)44-41(48)28-11-13-35-37(17-28)45-19-30(15-29-16-33(52-5)12-14-34(29)40(45)38(35)27-9-7-6-8-10-27)39-36(18-43-47(39)26(3)4)42(49)46-31-20-53-22-32(46)23-54-21-31/h11-18,25-27,31-32H,6-10,19-24H2,1-5H3,(H,44,48). The zero-order valence-electron chi connectivity index (χ0n) is 32.3. The molecule has 3 aliphatic heterocycles. The fourth-order valence-corrected chi connectivity index (χ4v) is 10.5. The number of carbonyl (C=O) groups excluding carboxylic acids is 2. The van der Waals surface area contributed by atoms with E-state index in [0.717, 1.165) is 70.4 Å². The molecule has 2 aromatic carbocycles. The molecule has 1 aliphatic carbocycles. The van der Waals surface area contributed by atoms with Gasteiger partial charge in [-0.25, -0.2) is 13.1 Å². The minimum atomic E-state index is -3.83. The van der Waals surface area contributed by atoms with Crippen LogP contribution in [0, 0.1) is 5.92 Å². The van der Waals surface area contributed by atoms with Gasteiger partial charge in [0.2, 0.25) is 10.0 Å². The molecule has 2 saturated heterocycles. The van der Waals surface area contributed by atoms with Crippen molar-refractivity contribution in [1.29, 1.82) is 0 Å². The van der Waals surface area contributed by atoms with Crippen LogP contribution in [0.4, 0.5) is 0 Å². The van der Waals surface area contributed by atoms with Gasteiger partial charge in [0.1, 0.15) is 5.75 Å². The summed E-state index contributed by atoms with van der Waals surface area (Å²) in [5.74, 6) is -0.0147. The molecule has 0 unspecified atom stereocenters. The number of aromatic nitrogens is 3. The first-order chi connectivity index (χ1) is 26.4. The van der Waals surface area contributed by atoms with Gasteiger partial charge < -0.3 is 23.7 Å². The van der Waals surface area contributed by atoms with Crippen LogP contribution in [0.3, 0.4) is 0 Å². The van der Waals surface area contributed by atoms with Crippen molar-refractivity contribution in [1.82, 2.24) is 24.0 Å². The van der Waals surface area contributed by atoms with E-state index in [-0.39, 0.29) is 41.3 Å². The molecule has 8 rings (SSSR count). The molecular weight excluding hydrogens is 719 g/mol. The zero-order chi connectivity index (χ0) is 38.6. The monoisotopic (exact) mass is 769 g/mol. The third-order valence-corrected chi connectivity index (χ3v) is 13.0. The van der Waals surface area contributed by atoms with Crippen LogP contribution in [-0.4, -0.2) is 90.9 Å². The fourth-order valence-electron chi connectivity index (χ4n) is 9.10. The third kappa shape index (κ3) is 6.99. The molecule has 0 radical (unpaired) electrons. The largest absolute Gasteiger partial charge is 0.497 e. The Kier molecular flexibility index (Phi) is 10.1. The number of rotatable bonds is 9. The van der Waals surface area contributed by atoms with Crippen LogP contribution in [0.25, 0.3) is 33.8 Å². The van der Waals surface area contributed by atoms with Gasteiger partial charge >= 0.3 is 0 Å². The van der Waals surface area contributed by atoms with E-state index in [1.165, 1.54) is 12.0 Å². The van der Waals surface area contributed by atoms with Gasteiger partial charge in [0, 0.05) is 28.1 Å². The summed E-state index contributed by atoms with van der Waals surface area (Å²) >= 11 is 0. The van der Waals surface area contributed by atoms with E-state index in [9.17, 15) is 18.0 Å². The number of nitrogens with zero attached hydrogens (tertiary/aromatic N) is 4. The van der Waals surface area contributed by atoms with Crippen LogP contribution in [0.2, 0.25) is 0 Å². The number of carbonyl (C=O) groups is 2. The van der Waals surface area contributed by atoms with E-state index in [1.54, 1.807) is 19.4 Å². The van der Waals surface area contributed by atoms with Gasteiger partial charge in [0.05, 0.1) is 81.1 Å². The Hall–Kier alpha value is -4.46. The molecule has 55 heavy (non-hydrogen) atoms. The van der Waals surface area contributed by atoms with Crippen LogP contribution < -0.4 is 9.46 Å². The maximum Gasteiger partial charge on any atom is 0.264 e. The average molecular weight is 770 g/mol. The third-order valence-electron chi connectivity index (χ3n) is 11.4. The van der Waals surface area contributed by atoms with Crippen LogP contribution in [0.1, 0.15) is 109 Å².